The van der Waals surface area contributed by atoms with Gasteiger partial charge < -0.3 is 14.7 Å². The average molecular weight is 453 g/mol. The van der Waals surface area contributed by atoms with E-state index in [-0.39, 0.29) is 11.7 Å². The predicted molar refractivity (Wildman–Crippen MR) is 127 cm³/mol. The Morgan fingerprint density at radius 1 is 0.906 bits per heavy atom. The molecule has 1 aromatic heterocycles. The molecule has 1 amide bonds. The van der Waals surface area contributed by atoms with E-state index in [9.17, 15) is 9.18 Å². The monoisotopic (exact) mass is 452 g/mol. The first kappa shape index (κ1) is 21.0. The van der Waals surface area contributed by atoms with Crippen LogP contribution in [0.3, 0.4) is 0 Å². The quantitative estimate of drug-likeness (QED) is 0.562. The number of benzene rings is 2. The van der Waals surface area contributed by atoms with Gasteiger partial charge in [-0.3, -0.25) is 9.78 Å². The number of amides is 1. The molecule has 5 nitrogen and oxygen atoms in total. The maximum Gasteiger partial charge on any atom is 0.257 e. The third kappa shape index (κ3) is 3.99. The Bertz CT molecular complexity index is 1140. The number of fused-ring (bicyclic) bond motifs is 1. The van der Waals surface area contributed by atoms with Crippen LogP contribution in [-0.4, -0.2) is 55.1 Å². The Hall–Kier alpha value is -2.86. The highest BCUT2D eigenvalue weighted by molar-refractivity contribution is 6.31. The molecule has 0 unspecified atom stereocenters. The van der Waals surface area contributed by atoms with E-state index < -0.39 is 0 Å². The van der Waals surface area contributed by atoms with Crippen LogP contribution in [0.1, 0.15) is 29.6 Å². The smallest absolute Gasteiger partial charge is 0.257 e. The number of para-hydroxylation sites is 1. The molecule has 2 aliphatic rings. The van der Waals surface area contributed by atoms with Crippen molar-refractivity contribution in [1.82, 2.24) is 9.88 Å². The number of hydrogen-bond donors (Lipinski definition) is 0. The number of rotatable bonds is 3. The Labute approximate surface area is 192 Å². The maximum atomic E-state index is 14.3. The zero-order valence-corrected chi connectivity index (χ0v) is 18.7. The second-order valence-electron chi connectivity index (χ2n) is 8.46. The zero-order valence-electron chi connectivity index (χ0n) is 17.9. The summed E-state index contributed by atoms with van der Waals surface area (Å²) in [7, 11) is 0. The van der Waals surface area contributed by atoms with Crippen LogP contribution in [0.5, 0.6) is 0 Å². The number of nitrogens with zero attached hydrogens (tertiary/aromatic N) is 4. The van der Waals surface area contributed by atoms with Gasteiger partial charge >= 0.3 is 0 Å². The molecule has 0 saturated carbocycles. The molecule has 0 spiro atoms. The van der Waals surface area contributed by atoms with E-state index >= 15 is 0 Å². The van der Waals surface area contributed by atoms with Crippen molar-refractivity contribution in [2.45, 2.75) is 19.3 Å². The molecular formula is C25H26ClFN4O. The lowest BCUT2D eigenvalue weighted by Gasteiger charge is -2.39. The third-order valence-electron chi connectivity index (χ3n) is 6.46. The number of aromatic nitrogens is 1. The molecule has 0 radical (unpaired) electrons. The number of carbonyl (C=O) groups is 1. The van der Waals surface area contributed by atoms with Gasteiger partial charge in [-0.1, -0.05) is 23.7 Å². The van der Waals surface area contributed by atoms with E-state index in [0.717, 1.165) is 42.5 Å². The molecule has 2 saturated heterocycles. The number of likely N-dealkylation sites (tertiary alicyclic amines) is 1. The van der Waals surface area contributed by atoms with E-state index in [1.165, 1.54) is 12.5 Å². The van der Waals surface area contributed by atoms with Crippen LogP contribution in [0.4, 0.5) is 15.8 Å². The summed E-state index contributed by atoms with van der Waals surface area (Å²) in [4.78, 5) is 24.3. The second kappa shape index (κ2) is 8.94. The first-order valence-corrected chi connectivity index (χ1v) is 11.6. The molecule has 2 fully saturated rings. The minimum atomic E-state index is -0.206. The van der Waals surface area contributed by atoms with Crippen molar-refractivity contribution in [3.05, 3.63) is 65.1 Å². The lowest BCUT2D eigenvalue weighted by atomic mass is 10.0. The molecule has 0 bridgehead atoms. The molecule has 166 valence electrons. The lowest BCUT2D eigenvalue weighted by molar-refractivity contribution is 0.0724. The van der Waals surface area contributed by atoms with E-state index in [4.69, 9.17) is 11.6 Å². The third-order valence-corrected chi connectivity index (χ3v) is 6.70. The molecule has 0 atom stereocenters. The van der Waals surface area contributed by atoms with Crippen molar-refractivity contribution in [2.75, 3.05) is 49.1 Å². The predicted octanol–water partition coefficient (Wildman–Crippen LogP) is 4.98. The molecule has 7 heteroatoms. The zero-order chi connectivity index (χ0) is 22.1. The summed E-state index contributed by atoms with van der Waals surface area (Å²) < 4.78 is 14.3. The Balaban J connectivity index is 1.50. The van der Waals surface area contributed by atoms with Gasteiger partial charge in [-0.25, -0.2) is 4.39 Å². The van der Waals surface area contributed by atoms with Crippen LogP contribution in [0.2, 0.25) is 5.02 Å². The van der Waals surface area contributed by atoms with Gasteiger partial charge in [0.05, 0.1) is 22.5 Å². The highest BCUT2D eigenvalue weighted by Gasteiger charge is 2.28. The molecule has 5 rings (SSSR count). The van der Waals surface area contributed by atoms with Crippen LogP contribution in [0, 0.1) is 5.82 Å². The molecular weight excluding hydrogens is 427 g/mol. The Morgan fingerprint density at radius 3 is 2.38 bits per heavy atom. The average Bonchev–Trinajstić information content (AvgIpc) is 2.84. The van der Waals surface area contributed by atoms with E-state index in [2.05, 4.69) is 14.8 Å². The maximum absolute atomic E-state index is 14.3. The highest BCUT2D eigenvalue weighted by Crippen LogP contribution is 2.34. The topological polar surface area (TPSA) is 39.7 Å². The summed E-state index contributed by atoms with van der Waals surface area (Å²) in [5.74, 6) is -0.173. The normalized spacial score (nSPS) is 17.1. The largest absolute Gasteiger partial charge is 0.367 e. The SMILES string of the molecule is O=C(c1cnc2ccc(Cl)cc2c1N1CCN(c2ccccc2F)CC1)N1CCCCC1. The van der Waals surface area contributed by atoms with Crippen molar-refractivity contribution < 1.29 is 9.18 Å². The van der Waals surface area contributed by atoms with Gasteiger partial charge in [-0.15, -0.1) is 0 Å². The fourth-order valence-corrected chi connectivity index (χ4v) is 4.97. The Kier molecular flexibility index (Phi) is 5.87. The van der Waals surface area contributed by atoms with E-state index in [1.807, 2.05) is 35.2 Å². The molecule has 0 aliphatic carbocycles. The van der Waals surface area contributed by atoms with Gasteiger partial charge in [-0.05, 0) is 49.6 Å². The van der Waals surface area contributed by atoms with Gasteiger partial charge in [0.25, 0.3) is 5.91 Å². The number of anilines is 2. The summed E-state index contributed by atoms with van der Waals surface area (Å²) >= 11 is 6.34. The van der Waals surface area contributed by atoms with Crippen LogP contribution < -0.4 is 9.80 Å². The molecule has 0 N–H and O–H groups in total. The van der Waals surface area contributed by atoms with Crippen LogP contribution >= 0.6 is 11.6 Å². The number of piperazine rings is 1. The molecule has 3 heterocycles. The molecule has 32 heavy (non-hydrogen) atoms. The fourth-order valence-electron chi connectivity index (χ4n) is 4.79. The van der Waals surface area contributed by atoms with Crippen LogP contribution in [-0.2, 0) is 0 Å². The minimum absolute atomic E-state index is 0.0330. The van der Waals surface area contributed by atoms with Crippen molar-refractivity contribution in [1.29, 1.82) is 0 Å². The number of pyridine rings is 1. The Morgan fingerprint density at radius 2 is 1.62 bits per heavy atom. The van der Waals surface area contributed by atoms with Gasteiger partial charge in [0.1, 0.15) is 5.82 Å². The number of halogens is 2. The standard InChI is InChI=1S/C25H26ClFN4O/c26-18-8-9-22-19(16-18)24(20(17-28-22)25(32)31-10-4-1-5-11-31)30-14-12-29(13-15-30)23-7-3-2-6-21(23)27/h2-3,6-9,16-17H,1,4-5,10-15H2. The lowest BCUT2D eigenvalue weighted by Crippen LogP contribution is -2.47. The summed E-state index contributed by atoms with van der Waals surface area (Å²) in [5, 5.41) is 1.51. The van der Waals surface area contributed by atoms with E-state index in [1.54, 1.807) is 12.3 Å². The number of hydrogen-bond acceptors (Lipinski definition) is 4. The van der Waals surface area contributed by atoms with Gasteiger partial charge in [0, 0.05) is 55.9 Å². The first-order chi connectivity index (χ1) is 15.6. The highest BCUT2D eigenvalue weighted by atomic mass is 35.5. The van der Waals surface area contributed by atoms with Crippen LogP contribution in [0.25, 0.3) is 10.9 Å². The molecule has 2 aromatic carbocycles. The van der Waals surface area contributed by atoms with Crippen molar-refractivity contribution in [3.8, 4) is 0 Å². The number of carbonyl (C=O) groups excluding carboxylic acids is 1. The number of piperidine rings is 1. The van der Waals surface area contributed by atoms with Crippen LogP contribution in [0.15, 0.2) is 48.7 Å². The van der Waals surface area contributed by atoms with Gasteiger partial charge in [0.2, 0.25) is 0 Å². The summed E-state index contributed by atoms with van der Waals surface area (Å²) in [6, 6.07) is 12.5. The van der Waals surface area contributed by atoms with Gasteiger partial charge in [0.15, 0.2) is 0 Å². The molecule has 2 aliphatic heterocycles. The molecule has 3 aromatic rings. The second-order valence-corrected chi connectivity index (χ2v) is 8.90. The van der Waals surface area contributed by atoms with E-state index in [0.29, 0.717) is 42.5 Å². The van der Waals surface area contributed by atoms with Crippen molar-refractivity contribution in [3.63, 3.8) is 0 Å². The van der Waals surface area contributed by atoms with Gasteiger partial charge in [-0.2, -0.15) is 0 Å². The summed E-state index contributed by atoms with van der Waals surface area (Å²) in [6.45, 7) is 4.27. The summed E-state index contributed by atoms with van der Waals surface area (Å²) in [6.07, 6.45) is 4.95. The summed E-state index contributed by atoms with van der Waals surface area (Å²) in [5.41, 5.74) is 2.96. The van der Waals surface area contributed by atoms with Crippen molar-refractivity contribution in [2.24, 2.45) is 0 Å². The minimum Gasteiger partial charge on any atom is -0.367 e. The fraction of sp³-hybridized carbons (Fsp3) is 0.360. The van der Waals surface area contributed by atoms with Crippen molar-refractivity contribution >= 4 is 39.8 Å². The first-order valence-electron chi connectivity index (χ1n) is 11.2.